The third-order valence-electron chi connectivity index (χ3n) is 13.5. The number of hydrogen-bond donors (Lipinski definition) is 0. The van der Waals surface area contributed by atoms with Gasteiger partial charge in [-0.15, -0.1) is 0 Å². The Kier molecular flexibility index (Phi) is 6.14. The van der Waals surface area contributed by atoms with Crippen LogP contribution in [0.1, 0.15) is 113 Å². The molecule has 208 valence electrons. The number of carbonyl (C=O) groups is 2. The van der Waals surface area contributed by atoms with Crippen molar-refractivity contribution in [3.05, 3.63) is 12.2 Å². The van der Waals surface area contributed by atoms with Gasteiger partial charge in [0.1, 0.15) is 6.10 Å². The smallest absolute Gasteiger partial charge is 0.312 e. The minimum atomic E-state index is -0.326. The summed E-state index contributed by atoms with van der Waals surface area (Å²) in [5.74, 6) is 1.66. The molecule has 4 saturated carbocycles. The first-order valence-electron chi connectivity index (χ1n) is 15.0. The highest BCUT2D eigenvalue weighted by Gasteiger charge is 2.70. The molecule has 0 unspecified atom stereocenters. The maximum absolute atomic E-state index is 13.4. The molecular formula is C33H52O4. The van der Waals surface area contributed by atoms with E-state index in [0.717, 1.165) is 44.9 Å². The number of rotatable bonds is 2. The molecule has 0 saturated heterocycles. The molecule has 0 aliphatic heterocycles. The average Bonchev–Trinajstić information content (AvgIpc) is 2.80. The number of ether oxygens (including phenoxy) is 2. The van der Waals surface area contributed by atoms with E-state index in [1.54, 1.807) is 14.0 Å². The van der Waals surface area contributed by atoms with Crippen molar-refractivity contribution in [1.82, 2.24) is 0 Å². The van der Waals surface area contributed by atoms with Gasteiger partial charge < -0.3 is 9.47 Å². The van der Waals surface area contributed by atoms with E-state index in [1.807, 2.05) is 0 Å². The Morgan fingerprint density at radius 1 is 0.811 bits per heavy atom. The lowest BCUT2D eigenvalue weighted by atomic mass is 9.33. The maximum atomic E-state index is 13.4. The summed E-state index contributed by atoms with van der Waals surface area (Å²) in [7, 11) is 1.59. The lowest BCUT2D eigenvalue weighted by Gasteiger charge is -2.71. The largest absolute Gasteiger partial charge is 0.469 e. The SMILES string of the molecule is COC(=O)[C@]12CCC(C)(C)C[C@H]1[C@@H]1C=C[C@@H]3[C@@]4(C)CC[C@H](OC(C)=O)C(C)(C)[C@H]4CC[C@]3(C)[C@@]1(C)CC2. The van der Waals surface area contributed by atoms with E-state index in [9.17, 15) is 9.59 Å². The minimum Gasteiger partial charge on any atom is -0.469 e. The Labute approximate surface area is 225 Å². The van der Waals surface area contributed by atoms with Crippen LogP contribution in [0.5, 0.6) is 0 Å². The topological polar surface area (TPSA) is 52.6 Å². The molecule has 0 heterocycles. The summed E-state index contributed by atoms with van der Waals surface area (Å²) in [5, 5.41) is 0. The quantitative estimate of drug-likeness (QED) is 0.280. The lowest BCUT2D eigenvalue weighted by Crippen LogP contribution is -2.66. The van der Waals surface area contributed by atoms with Crippen molar-refractivity contribution < 1.29 is 19.1 Å². The summed E-state index contributed by atoms with van der Waals surface area (Å²) < 4.78 is 11.4. The van der Waals surface area contributed by atoms with Crippen LogP contribution in [-0.2, 0) is 19.1 Å². The average molecular weight is 513 g/mol. The fraction of sp³-hybridized carbons (Fsp3) is 0.879. The maximum Gasteiger partial charge on any atom is 0.312 e. The van der Waals surface area contributed by atoms with E-state index in [2.05, 4.69) is 60.6 Å². The second kappa shape index (κ2) is 8.34. The zero-order valence-corrected chi connectivity index (χ0v) is 25.0. The van der Waals surface area contributed by atoms with Crippen LogP contribution in [0.3, 0.4) is 0 Å². The van der Waals surface area contributed by atoms with Crippen molar-refractivity contribution in [2.45, 2.75) is 119 Å². The Morgan fingerprint density at radius 3 is 2.14 bits per heavy atom. The van der Waals surface area contributed by atoms with Gasteiger partial charge in [-0.25, -0.2) is 0 Å². The number of hydrogen-bond acceptors (Lipinski definition) is 4. The fourth-order valence-electron chi connectivity index (χ4n) is 11.3. The monoisotopic (exact) mass is 512 g/mol. The number of allylic oxidation sites excluding steroid dienone is 2. The van der Waals surface area contributed by atoms with Gasteiger partial charge in [-0.05, 0) is 103 Å². The lowest BCUT2D eigenvalue weighted by molar-refractivity contribution is -0.226. The normalized spacial score (nSPS) is 49.5. The molecule has 4 nitrogen and oxygen atoms in total. The number of esters is 2. The van der Waals surface area contributed by atoms with Gasteiger partial charge in [0, 0.05) is 12.3 Å². The second-order valence-electron chi connectivity index (χ2n) is 15.9. The molecule has 0 aromatic carbocycles. The predicted octanol–water partition coefficient (Wildman–Crippen LogP) is 7.75. The van der Waals surface area contributed by atoms with E-state index < -0.39 is 0 Å². The van der Waals surface area contributed by atoms with Crippen LogP contribution in [0, 0.1) is 56.2 Å². The van der Waals surface area contributed by atoms with Crippen LogP contribution in [0.25, 0.3) is 0 Å². The first-order valence-corrected chi connectivity index (χ1v) is 15.0. The second-order valence-corrected chi connectivity index (χ2v) is 15.9. The highest BCUT2D eigenvalue weighted by atomic mass is 16.5. The van der Waals surface area contributed by atoms with Crippen molar-refractivity contribution in [3.63, 3.8) is 0 Å². The Hall–Kier alpha value is -1.32. The Bertz CT molecular complexity index is 994. The minimum absolute atomic E-state index is 0.00293. The van der Waals surface area contributed by atoms with Crippen molar-refractivity contribution in [2.75, 3.05) is 7.11 Å². The molecule has 4 fully saturated rings. The number of fused-ring (bicyclic) bond motifs is 7. The van der Waals surface area contributed by atoms with Crippen LogP contribution in [0.15, 0.2) is 12.2 Å². The van der Waals surface area contributed by atoms with Gasteiger partial charge in [0.2, 0.25) is 0 Å². The molecule has 0 aromatic rings. The van der Waals surface area contributed by atoms with Crippen LogP contribution in [0.4, 0.5) is 0 Å². The standard InChI is InChI=1S/C33H52O4/c1-21(34)37-26-13-14-30(6)24(29(26,4)5)12-15-32(8)25(30)11-10-22-23-20-28(2,3)16-18-33(23,27(35)36-9)19-17-31(22,32)7/h10-11,22-26H,12-20H2,1-9H3/t22-,23-,24+,25+,26-,30-,31-,32-,33-/m0/s1. The van der Waals surface area contributed by atoms with Crippen molar-refractivity contribution in [3.8, 4) is 0 Å². The fourth-order valence-corrected chi connectivity index (χ4v) is 11.3. The molecular weight excluding hydrogens is 460 g/mol. The zero-order valence-electron chi connectivity index (χ0n) is 25.0. The van der Waals surface area contributed by atoms with Crippen LogP contribution < -0.4 is 0 Å². The zero-order chi connectivity index (χ0) is 27.2. The van der Waals surface area contributed by atoms with Gasteiger partial charge >= 0.3 is 11.9 Å². The summed E-state index contributed by atoms with van der Waals surface area (Å²) >= 11 is 0. The van der Waals surface area contributed by atoms with Crippen molar-refractivity contribution in [1.29, 1.82) is 0 Å². The molecule has 5 aliphatic rings. The van der Waals surface area contributed by atoms with Crippen molar-refractivity contribution in [2.24, 2.45) is 56.2 Å². The van der Waals surface area contributed by atoms with Gasteiger partial charge in [-0.1, -0.05) is 60.6 Å². The van der Waals surface area contributed by atoms with Gasteiger partial charge in [0.15, 0.2) is 0 Å². The summed E-state index contributed by atoms with van der Waals surface area (Å²) in [4.78, 5) is 25.3. The van der Waals surface area contributed by atoms with E-state index in [1.165, 1.54) is 12.8 Å². The summed E-state index contributed by atoms with van der Waals surface area (Å²) in [6.07, 6.45) is 14.8. The molecule has 0 N–H and O–H groups in total. The molecule has 0 aromatic heterocycles. The summed E-state index contributed by atoms with van der Waals surface area (Å²) in [6, 6.07) is 0. The van der Waals surface area contributed by atoms with Crippen LogP contribution in [-0.4, -0.2) is 25.2 Å². The highest BCUT2D eigenvalue weighted by Crippen LogP contribution is 2.75. The molecule has 37 heavy (non-hydrogen) atoms. The first kappa shape index (κ1) is 27.3. The van der Waals surface area contributed by atoms with Gasteiger partial charge in [0.25, 0.3) is 0 Å². The molecule has 0 bridgehead atoms. The van der Waals surface area contributed by atoms with Gasteiger partial charge in [0.05, 0.1) is 12.5 Å². The molecule has 0 spiro atoms. The van der Waals surface area contributed by atoms with Gasteiger partial charge in [-0.2, -0.15) is 0 Å². The molecule has 5 aliphatic carbocycles. The number of methoxy groups -OCH3 is 1. The molecule has 4 heteroatoms. The summed E-state index contributed by atoms with van der Waals surface area (Å²) in [5.41, 5.74) is 0.423. The molecule has 5 rings (SSSR count). The van der Waals surface area contributed by atoms with Crippen LogP contribution in [0.2, 0.25) is 0 Å². The first-order chi connectivity index (χ1) is 17.1. The third-order valence-corrected chi connectivity index (χ3v) is 13.5. The predicted molar refractivity (Wildman–Crippen MR) is 147 cm³/mol. The van der Waals surface area contributed by atoms with E-state index in [0.29, 0.717) is 23.7 Å². The van der Waals surface area contributed by atoms with Crippen LogP contribution >= 0.6 is 0 Å². The molecule has 9 atom stereocenters. The van der Waals surface area contributed by atoms with Gasteiger partial charge in [-0.3, -0.25) is 9.59 Å². The highest BCUT2D eigenvalue weighted by molar-refractivity contribution is 5.78. The molecule has 0 amide bonds. The van der Waals surface area contributed by atoms with Crippen molar-refractivity contribution >= 4 is 11.9 Å². The van der Waals surface area contributed by atoms with E-state index in [4.69, 9.17) is 9.47 Å². The third kappa shape index (κ3) is 3.58. The Balaban J connectivity index is 1.55. The van der Waals surface area contributed by atoms with E-state index in [-0.39, 0.29) is 50.5 Å². The number of carbonyl (C=O) groups excluding carboxylic acids is 2. The van der Waals surface area contributed by atoms with E-state index >= 15 is 0 Å². The summed E-state index contributed by atoms with van der Waals surface area (Å²) in [6.45, 7) is 18.8. The Morgan fingerprint density at radius 2 is 1.49 bits per heavy atom. The molecule has 0 radical (unpaired) electrons.